The Hall–Kier alpha value is -2.86. The molecule has 5 nitrogen and oxygen atoms in total. The van der Waals surface area contributed by atoms with Gasteiger partial charge in [0.25, 0.3) is 0 Å². The van der Waals surface area contributed by atoms with Gasteiger partial charge in [0.1, 0.15) is 24.6 Å². The van der Waals surface area contributed by atoms with E-state index in [4.69, 9.17) is 21.2 Å². The Labute approximate surface area is 206 Å². The van der Waals surface area contributed by atoms with Gasteiger partial charge in [-0.05, 0) is 48.7 Å². The molecule has 1 aliphatic rings. The lowest BCUT2D eigenvalue weighted by Crippen LogP contribution is -2.39. The van der Waals surface area contributed by atoms with Crippen LogP contribution in [0.5, 0.6) is 5.75 Å². The third-order valence-electron chi connectivity index (χ3n) is 5.87. The van der Waals surface area contributed by atoms with E-state index in [0.717, 1.165) is 34.6 Å². The summed E-state index contributed by atoms with van der Waals surface area (Å²) in [6, 6.07) is 23.9. The Bertz CT molecular complexity index is 1120. The molecule has 178 valence electrons. The molecule has 0 spiro atoms. The first kappa shape index (κ1) is 24.3. The number of hydrogen-bond donors (Lipinski definition) is 1. The van der Waals surface area contributed by atoms with Crippen LogP contribution >= 0.6 is 11.6 Å². The molecule has 2 atom stereocenters. The molecule has 34 heavy (non-hydrogen) atoms. The van der Waals surface area contributed by atoms with Crippen molar-refractivity contribution < 1.29 is 14.7 Å². The number of ether oxygens (including phenoxy) is 1. The van der Waals surface area contributed by atoms with Crippen molar-refractivity contribution in [2.75, 3.05) is 19.7 Å². The molecule has 0 bridgehead atoms. The minimum absolute atomic E-state index is 0.0834. The minimum atomic E-state index is -0.655. The number of hydrogen-bond acceptors (Lipinski definition) is 5. The summed E-state index contributed by atoms with van der Waals surface area (Å²) in [5.74, 6) is 0.790. The van der Waals surface area contributed by atoms with Gasteiger partial charge in [-0.25, -0.2) is 0 Å². The van der Waals surface area contributed by atoms with Gasteiger partial charge in [0.05, 0.1) is 5.71 Å². The van der Waals surface area contributed by atoms with Crippen molar-refractivity contribution in [2.24, 2.45) is 5.16 Å². The Morgan fingerprint density at radius 2 is 1.88 bits per heavy atom. The molecule has 0 unspecified atom stereocenters. The van der Waals surface area contributed by atoms with Crippen molar-refractivity contribution in [1.29, 1.82) is 0 Å². The molecule has 4 rings (SSSR count). The number of aryl methyl sites for hydroxylation is 2. The Balaban J connectivity index is 1.38. The molecular weight excluding hydrogens is 448 g/mol. The number of benzene rings is 3. The van der Waals surface area contributed by atoms with Crippen molar-refractivity contribution in [3.05, 3.63) is 100 Å². The molecule has 0 saturated heterocycles. The van der Waals surface area contributed by atoms with Crippen LogP contribution in [0.1, 0.15) is 28.7 Å². The number of nitrogens with zero attached hydrogens (tertiary/aromatic N) is 2. The fourth-order valence-corrected chi connectivity index (χ4v) is 4.30. The summed E-state index contributed by atoms with van der Waals surface area (Å²) in [5.41, 5.74) is 5.38. The van der Waals surface area contributed by atoms with Crippen LogP contribution in [0.2, 0.25) is 5.02 Å². The van der Waals surface area contributed by atoms with Gasteiger partial charge in [-0.15, -0.1) is 0 Å². The van der Waals surface area contributed by atoms with E-state index in [0.29, 0.717) is 24.7 Å². The predicted molar refractivity (Wildman–Crippen MR) is 137 cm³/mol. The Morgan fingerprint density at radius 1 is 1.09 bits per heavy atom. The van der Waals surface area contributed by atoms with Gasteiger partial charge in [0.15, 0.2) is 0 Å². The second kappa shape index (κ2) is 11.5. The molecule has 6 heteroatoms. The van der Waals surface area contributed by atoms with Crippen LogP contribution < -0.4 is 4.74 Å². The zero-order chi connectivity index (χ0) is 23.9. The normalized spacial score (nSPS) is 16.3. The first-order chi connectivity index (χ1) is 16.5. The fourth-order valence-electron chi connectivity index (χ4n) is 4.08. The van der Waals surface area contributed by atoms with Crippen LogP contribution in [0, 0.1) is 13.8 Å². The van der Waals surface area contributed by atoms with E-state index >= 15 is 0 Å². The average molecular weight is 479 g/mol. The van der Waals surface area contributed by atoms with Gasteiger partial charge in [-0.3, -0.25) is 4.90 Å². The largest absolute Gasteiger partial charge is 0.491 e. The van der Waals surface area contributed by atoms with Crippen molar-refractivity contribution in [1.82, 2.24) is 4.90 Å². The monoisotopic (exact) mass is 478 g/mol. The Kier molecular flexibility index (Phi) is 8.22. The lowest BCUT2D eigenvalue weighted by Gasteiger charge is -2.27. The minimum Gasteiger partial charge on any atom is -0.491 e. The second-order valence-electron chi connectivity index (χ2n) is 8.89. The van der Waals surface area contributed by atoms with Gasteiger partial charge in [0.2, 0.25) is 0 Å². The number of halogens is 1. The lowest BCUT2D eigenvalue weighted by molar-refractivity contribution is 0.0212. The third kappa shape index (κ3) is 6.83. The summed E-state index contributed by atoms with van der Waals surface area (Å²) in [6.07, 6.45) is -0.0112. The Morgan fingerprint density at radius 3 is 2.65 bits per heavy atom. The molecular formula is C28H31ClN2O3. The van der Waals surface area contributed by atoms with Crippen LogP contribution in [-0.2, 0) is 11.4 Å². The van der Waals surface area contributed by atoms with Crippen LogP contribution in [-0.4, -0.2) is 47.6 Å². The van der Waals surface area contributed by atoms with Gasteiger partial charge in [0, 0.05) is 31.1 Å². The maximum absolute atomic E-state index is 10.8. The smallest absolute Gasteiger partial charge is 0.145 e. The first-order valence-corrected chi connectivity index (χ1v) is 12.0. The highest BCUT2D eigenvalue weighted by molar-refractivity contribution is 6.30. The first-order valence-electron chi connectivity index (χ1n) is 11.6. The van der Waals surface area contributed by atoms with Crippen LogP contribution in [0.15, 0.2) is 78.0 Å². The van der Waals surface area contributed by atoms with Crippen molar-refractivity contribution in [3.8, 4) is 5.75 Å². The van der Waals surface area contributed by atoms with Crippen LogP contribution in [0.25, 0.3) is 0 Å². The molecule has 0 aliphatic carbocycles. The molecule has 0 aromatic heterocycles. The summed E-state index contributed by atoms with van der Waals surface area (Å²) in [4.78, 5) is 7.95. The molecule has 0 radical (unpaired) electrons. The third-order valence-corrected chi connectivity index (χ3v) is 6.10. The maximum atomic E-state index is 10.8. The van der Waals surface area contributed by atoms with E-state index in [9.17, 15) is 5.11 Å². The van der Waals surface area contributed by atoms with Crippen LogP contribution in [0.4, 0.5) is 0 Å². The average Bonchev–Trinajstić information content (AvgIpc) is 3.27. The lowest BCUT2D eigenvalue weighted by atomic mass is 10.0. The number of rotatable bonds is 10. The van der Waals surface area contributed by atoms with E-state index in [2.05, 4.69) is 41.2 Å². The molecule has 3 aromatic rings. The number of aliphatic hydroxyl groups excluding tert-OH is 1. The van der Waals surface area contributed by atoms with Crippen molar-refractivity contribution >= 4 is 17.3 Å². The zero-order valence-corrected chi connectivity index (χ0v) is 20.4. The molecule has 0 amide bonds. The van der Waals surface area contributed by atoms with Crippen LogP contribution in [0.3, 0.4) is 0 Å². The molecule has 1 heterocycles. The quantitative estimate of drug-likeness (QED) is 0.424. The van der Waals surface area contributed by atoms with E-state index in [-0.39, 0.29) is 12.7 Å². The maximum Gasteiger partial charge on any atom is 0.145 e. The molecule has 1 aliphatic heterocycles. The molecule has 1 N–H and O–H groups in total. The molecule has 3 aromatic carbocycles. The van der Waals surface area contributed by atoms with E-state index in [1.165, 1.54) is 5.56 Å². The summed E-state index contributed by atoms with van der Waals surface area (Å²) in [6.45, 7) is 6.00. The zero-order valence-electron chi connectivity index (χ0n) is 19.7. The van der Waals surface area contributed by atoms with Gasteiger partial charge >= 0.3 is 0 Å². The van der Waals surface area contributed by atoms with Gasteiger partial charge in [-0.1, -0.05) is 76.9 Å². The highest BCUT2D eigenvalue weighted by atomic mass is 35.5. The van der Waals surface area contributed by atoms with Crippen molar-refractivity contribution in [3.63, 3.8) is 0 Å². The number of para-hydroxylation sites is 1. The topological polar surface area (TPSA) is 54.3 Å². The van der Waals surface area contributed by atoms with E-state index < -0.39 is 6.10 Å². The fraction of sp³-hybridized carbons (Fsp3) is 0.321. The highest BCUT2D eigenvalue weighted by Gasteiger charge is 2.26. The van der Waals surface area contributed by atoms with Gasteiger partial charge < -0.3 is 14.7 Å². The van der Waals surface area contributed by atoms with Crippen molar-refractivity contribution in [2.45, 2.75) is 39.0 Å². The second-order valence-corrected chi connectivity index (χ2v) is 9.33. The highest BCUT2D eigenvalue weighted by Crippen LogP contribution is 2.21. The standard InChI is InChI=1S/C28H31ClN2O3/c1-20-10-12-23(13-11-20)27-15-26(34-30-27)18-31(16-22-7-5-8-24(29)14-22)17-25(32)19-33-28-9-4-3-6-21(28)2/h3-14,25-26,32H,15-19H2,1-2H3/t25-,26-/m1/s1. The summed E-state index contributed by atoms with van der Waals surface area (Å²) in [5, 5.41) is 15.8. The van der Waals surface area contributed by atoms with E-state index in [1.807, 2.05) is 55.5 Å². The summed E-state index contributed by atoms with van der Waals surface area (Å²) >= 11 is 6.20. The predicted octanol–water partition coefficient (Wildman–Crippen LogP) is 5.39. The summed E-state index contributed by atoms with van der Waals surface area (Å²) in [7, 11) is 0. The summed E-state index contributed by atoms with van der Waals surface area (Å²) < 4.78 is 5.87. The van der Waals surface area contributed by atoms with E-state index in [1.54, 1.807) is 0 Å². The molecule has 0 saturated carbocycles. The number of aliphatic hydroxyl groups is 1. The van der Waals surface area contributed by atoms with Gasteiger partial charge in [-0.2, -0.15) is 0 Å². The number of oxime groups is 1. The SMILES string of the molecule is Cc1ccc(C2=NO[C@@H](CN(Cc3cccc(Cl)c3)C[C@@H](O)COc3ccccc3C)C2)cc1. The molecule has 0 fully saturated rings.